The molecule has 0 atom stereocenters. The van der Waals surface area contributed by atoms with Gasteiger partial charge >= 0.3 is 0 Å². The normalized spacial score (nSPS) is 10.5. The maximum absolute atomic E-state index is 5.66. The van der Waals surface area contributed by atoms with E-state index < -0.39 is 0 Å². The minimum absolute atomic E-state index is 0.445. The van der Waals surface area contributed by atoms with Crippen LogP contribution in [0.1, 0.15) is 25.5 Å². The summed E-state index contributed by atoms with van der Waals surface area (Å²) in [7, 11) is 0. The number of rotatable bonds is 3. The van der Waals surface area contributed by atoms with Crippen molar-refractivity contribution in [2.75, 3.05) is 0 Å². The van der Waals surface area contributed by atoms with Crippen molar-refractivity contribution >= 4 is 11.6 Å². The first kappa shape index (κ1) is 8.53. The van der Waals surface area contributed by atoms with E-state index in [4.69, 9.17) is 11.6 Å². The molecule has 0 aliphatic rings. The van der Waals surface area contributed by atoms with Gasteiger partial charge in [-0.25, -0.2) is 0 Å². The number of hydrogen-bond acceptors (Lipinski definition) is 2. The number of aromatic nitrogens is 3. The molecule has 3 nitrogen and oxygen atoms in total. The molecule has 1 aromatic rings. The Hall–Kier alpha value is -0.570. The lowest BCUT2D eigenvalue weighted by molar-refractivity contribution is 0.681. The second-order valence-corrected chi connectivity index (χ2v) is 2.53. The summed E-state index contributed by atoms with van der Waals surface area (Å²) in [6.07, 6.45) is 0.914. The minimum Gasteiger partial charge on any atom is -0.314 e. The van der Waals surface area contributed by atoms with Gasteiger partial charge in [0.25, 0.3) is 0 Å². The quantitative estimate of drug-likeness (QED) is 0.651. The molecule has 11 heavy (non-hydrogen) atoms. The Morgan fingerprint density at radius 3 is 2.36 bits per heavy atom. The second kappa shape index (κ2) is 3.72. The van der Waals surface area contributed by atoms with Crippen LogP contribution < -0.4 is 0 Å². The number of halogens is 1. The molecule has 0 N–H and O–H groups in total. The Morgan fingerprint density at radius 2 is 1.91 bits per heavy atom. The van der Waals surface area contributed by atoms with Gasteiger partial charge in [0.15, 0.2) is 0 Å². The highest BCUT2D eigenvalue weighted by molar-refractivity contribution is 6.16. The molecule has 0 radical (unpaired) electrons. The number of hydrogen-bond donors (Lipinski definition) is 0. The van der Waals surface area contributed by atoms with Crippen molar-refractivity contribution < 1.29 is 0 Å². The van der Waals surface area contributed by atoms with Gasteiger partial charge in [0.05, 0.1) is 5.88 Å². The van der Waals surface area contributed by atoms with Crippen molar-refractivity contribution in [1.82, 2.24) is 14.8 Å². The molecule has 0 aliphatic heterocycles. The molecule has 62 valence electrons. The highest BCUT2D eigenvalue weighted by atomic mass is 35.5. The first-order valence-corrected chi connectivity index (χ1v) is 4.33. The summed E-state index contributed by atoms with van der Waals surface area (Å²) in [6.45, 7) is 5.03. The van der Waals surface area contributed by atoms with Gasteiger partial charge in [-0.1, -0.05) is 6.92 Å². The van der Waals surface area contributed by atoms with E-state index in [-0.39, 0.29) is 0 Å². The third-order valence-electron chi connectivity index (χ3n) is 1.66. The van der Waals surface area contributed by atoms with Crippen LogP contribution in [-0.2, 0) is 18.8 Å². The smallest absolute Gasteiger partial charge is 0.147 e. The van der Waals surface area contributed by atoms with Crippen molar-refractivity contribution in [3.05, 3.63) is 11.6 Å². The highest BCUT2D eigenvalue weighted by Gasteiger charge is 2.06. The predicted molar refractivity (Wildman–Crippen MR) is 44.6 cm³/mol. The first-order valence-electron chi connectivity index (χ1n) is 3.80. The summed E-state index contributed by atoms with van der Waals surface area (Å²) in [5.74, 6) is 2.33. The van der Waals surface area contributed by atoms with Crippen LogP contribution in [-0.4, -0.2) is 14.8 Å². The van der Waals surface area contributed by atoms with Gasteiger partial charge in [0, 0.05) is 13.0 Å². The van der Waals surface area contributed by atoms with Crippen LogP contribution in [0.15, 0.2) is 0 Å². The zero-order valence-corrected chi connectivity index (χ0v) is 7.60. The number of nitrogens with zero attached hydrogens (tertiary/aromatic N) is 3. The lowest BCUT2D eigenvalue weighted by Crippen LogP contribution is -2.03. The van der Waals surface area contributed by atoms with E-state index in [1.165, 1.54) is 0 Å². The van der Waals surface area contributed by atoms with E-state index >= 15 is 0 Å². The summed E-state index contributed by atoms with van der Waals surface area (Å²) in [5, 5.41) is 7.96. The Kier molecular flexibility index (Phi) is 2.88. The van der Waals surface area contributed by atoms with Crippen LogP contribution in [0.3, 0.4) is 0 Å². The maximum atomic E-state index is 5.66. The Labute approximate surface area is 71.4 Å². The largest absolute Gasteiger partial charge is 0.314 e. The molecule has 1 aromatic heterocycles. The zero-order valence-electron chi connectivity index (χ0n) is 6.84. The van der Waals surface area contributed by atoms with E-state index in [9.17, 15) is 0 Å². The molecule has 1 rings (SSSR count). The Bertz CT molecular complexity index is 210. The van der Waals surface area contributed by atoms with Gasteiger partial charge in [-0.05, 0) is 6.92 Å². The lowest BCUT2D eigenvalue weighted by atomic mass is 10.4. The van der Waals surface area contributed by atoms with E-state index in [0.29, 0.717) is 5.88 Å². The van der Waals surface area contributed by atoms with Crippen LogP contribution in [0.2, 0.25) is 0 Å². The van der Waals surface area contributed by atoms with Gasteiger partial charge in [-0.15, -0.1) is 21.8 Å². The van der Waals surface area contributed by atoms with E-state index in [2.05, 4.69) is 24.0 Å². The van der Waals surface area contributed by atoms with Gasteiger partial charge in [-0.2, -0.15) is 0 Å². The molecule has 0 saturated heterocycles. The molecule has 0 aromatic carbocycles. The lowest BCUT2D eigenvalue weighted by Gasteiger charge is -2.02. The van der Waals surface area contributed by atoms with E-state index in [1.807, 2.05) is 4.57 Å². The summed E-state index contributed by atoms with van der Waals surface area (Å²) in [5.41, 5.74) is 0. The Balaban J connectivity index is 2.99. The Morgan fingerprint density at radius 1 is 1.27 bits per heavy atom. The van der Waals surface area contributed by atoms with Gasteiger partial charge in [-0.3, -0.25) is 0 Å². The van der Waals surface area contributed by atoms with Crippen LogP contribution in [0, 0.1) is 0 Å². The average molecular weight is 174 g/mol. The fraction of sp³-hybridized carbons (Fsp3) is 0.714. The zero-order chi connectivity index (χ0) is 8.27. The molecule has 1 heterocycles. The SMILES string of the molecule is CCc1nnc(CCl)n1CC. The van der Waals surface area contributed by atoms with Crippen LogP contribution >= 0.6 is 11.6 Å². The van der Waals surface area contributed by atoms with Crippen LogP contribution in [0.4, 0.5) is 0 Å². The summed E-state index contributed by atoms with van der Waals surface area (Å²) >= 11 is 5.66. The van der Waals surface area contributed by atoms with Crippen molar-refractivity contribution in [3.8, 4) is 0 Å². The van der Waals surface area contributed by atoms with Crippen molar-refractivity contribution in [2.45, 2.75) is 32.7 Å². The predicted octanol–water partition coefficient (Wildman–Crippen LogP) is 1.60. The maximum Gasteiger partial charge on any atom is 0.147 e. The first-order chi connectivity index (χ1) is 5.33. The van der Waals surface area contributed by atoms with E-state index in [1.54, 1.807) is 0 Å². The van der Waals surface area contributed by atoms with Crippen molar-refractivity contribution in [1.29, 1.82) is 0 Å². The number of alkyl halides is 1. The molecular formula is C7H12ClN3. The van der Waals surface area contributed by atoms with Crippen LogP contribution in [0.5, 0.6) is 0 Å². The molecule has 0 unspecified atom stereocenters. The molecule has 0 saturated carbocycles. The van der Waals surface area contributed by atoms with Gasteiger partial charge in [0.1, 0.15) is 11.6 Å². The summed E-state index contributed by atoms with van der Waals surface area (Å²) < 4.78 is 2.05. The van der Waals surface area contributed by atoms with Crippen molar-refractivity contribution in [2.24, 2.45) is 0 Å². The fourth-order valence-electron chi connectivity index (χ4n) is 1.10. The third kappa shape index (κ3) is 1.53. The molecule has 4 heteroatoms. The topological polar surface area (TPSA) is 30.7 Å². The van der Waals surface area contributed by atoms with Gasteiger partial charge in [0.2, 0.25) is 0 Å². The molecular weight excluding hydrogens is 162 g/mol. The molecule has 0 fully saturated rings. The molecule has 0 bridgehead atoms. The summed E-state index contributed by atoms with van der Waals surface area (Å²) in [4.78, 5) is 0. The third-order valence-corrected chi connectivity index (χ3v) is 1.90. The monoisotopic (exact) mass is 173 g/mol. The second-order valence-electron chi connectivity index (χ2n) is 2.26. The molecule has 0 amide bonds. The minimum atomic E-state index is 0.445. The number of aryl methyl sites for hydroxylation is 1. The standard InChI is InChI=1S/C7H12ClN3/c1-3-6-9-10-7(5-8)11(6)4-2/h3-5H2,1-2H3. The highest BCUT2D eigenvalue weighted by Crippen LogP contribution is 2.04. The average Bonchev–Trinajstić information content (AvgIpc) is 2.45. The van der Waals surface area contributed by atoms with Crippen molar-refractivity contribution in [3.63, 3.8) is 0 Å². The van der Waals surface area contributed by atoms with Gasteiger partial charge < -0.3 is 4.57 Å². The molecule has 0 aliphatic carbocycles. The van der Waals surface area contributed by atoms with E-state index in [0.717, 1.165) is 24.6 Å². The fourth-order valence-corrected chi connectivity index (χ4v) is 1.30. The summed E-state index contributed by atoms with van der Waals surface area (Å²) in [6, 6.07) is 0. The molecule has 0 spiro atoms. The van der Waals surface area contributed by atoms with Crippen LogP contribution in [0.25, 0.3) is 0 Å².